The van der Waals surface area contributed by atoms with Gasteiger partial charge in [-0.2, -0.15) is 0 Å². The van der Waals surface area contributed by atoms with Crippen LogP contribution in [0.2, 0.25) is 0 Å². The summed E-state index contributed by atoms with van der Waals surface area (Å²) < 4.78 is 6.37. The lowest BCUT2D eigenvalue weighted by Crippen LogP contribution is -2.47. The van der Waals surface area contributed by atoms with Gasteiger partial charge in [-0.25, -0.2) is 0 Å². The van der Waals surface area contributed by atoms with Gasteiger partial charge in [0.25, 0.3) is 0 Å². The fourth-order valence-corrected chi connectivity index (χ4v) is 1.94. The van der Waals surface area contributed by atoms with Gasteiger partial charge in [0.05, 0.1) is 13.2 Å². The van der Waals surface area contributed by atoms with Crippen molar-refractivity contribution < 1.29 is 9.22 Å². The Bertz CT molecular complexity index is 150. The maximum absolute atomic E-state index is 5.99. The molecule has 0 aromatic rings. The summed E-state index contributed by atoms with van der Waals surface area (Å²) in [7, 11) is 0. The number of ether oxygens (including phenoxy) is 1. The van der Waals surface area contributed by atoms with E-state index in [0.717, 1.165) is 37.3 Å². The molecule has 2 N–H and O–H groups in total. The van der Waals surface area contributed by atoms with Crippen LogP contribution < -0.4 is 5.73 Å². The first-order chi connectivity index (χ1) is 4.66. The Hall–Kier alpha value is -0.120. The minimum Gasteiger partial charge on any atom is -0.370 e. The van der Waals surface area contributed by atoms with E-state index in [1.165, 1.54) is 0 Å². The molecule has 2 aliphatic heterocycles. The van der Waals surface area contributed by atoms with E-state index in [0.29, 0.717) is 0 Å². The Morgan fingerprint density at radius 3 is 2.20 bits per heavy atom. The second-order valence-corrected chi connectivity index (χ2v) is 3.72. The molecule has 2 rings (SSSR count). The molecule has 2 aliphatic rings. The summed E-state index contributed by atoms with van der Waals surface area (Å²) in [4.78, 5) is 0. The lowest BCUT2D eigenvalue weighted by molar-refractivity contribution is -0.837. The fourth-order valence-electron chi connectivity index (χ4n) is 1.94. The summed E-state index contributed by atoms with van der Waals surface area (Å²) in [6.45, 7) is 7.31. The van der Waals surface area contributed by atoms with Crippen molar-refractivity contribution >= 4 is 0 Å². The van der Waals surface area contributed by atoms with E-state index >= 15 is 0 Å². The highest BCUT2D eigenvalue weighted by molar-refractivity contribution is 4.84. The van der Waals surface area contributed by atoms with Crippen molar-refractivity contribution in [2.45, 2.75) is 12.6 Å². The third-order valence-electron chi connectivity index (χ3n) is 2.93. The molecule has 0 aromatic carbocycles. The van der Waals surface area contributed by atoms with Crippen molar-refractivity contribution in [2.75, 3.05) is 32.8 Å². The number of quaternary nitrogens is 1. The molecule has 0 radical (unpaired) electrons. The highest BCUT2D eigenvalue weighted by Crippen LogP contribution is 2.38. The van der Waals surface area contributed by atoms with Crippen LogP contribution in [-0.2, 0) is 4.74 Å². The molecule has 3 nitrogen and oxygen atoms in total. The van der Waals surface area contributed by atoms with Gasteiger partial charge in [0.2, 0.25) is 0 Å². The Labute approximate surface area is 61.3 Å². The number of nitrogens with two attached hydrogens (primary N) is 1. The molecule has 0 bridgehead atoms. The van der Waals surface area contributed by atoms with Gasteiger partial charge >= 0.3 is 0 Å². The molecule has 58 valence electrons. The Morgan fingerprint density at radius 1 is 1.40 bits per heavy atom. The monoisotopic (exact) mass is 143 g/mol. The largest absolute Gasteiger partial charge is 0.370 e. The minimum absolute atomic E-state index is 0.0732. The van der Waals surface area contributed by atoms with E-state index in [-0.39, 0.29) is 5.66 Å². The van der Waals surface area contributed by atoms with E-state index in [4.69, 9.17) is 10.5 Å². The maximum atomic E-state index is 5.99. The van der Waals surface area contributed by atoms with Crippen LogP contribution in [0, 0.1) is 0 Å². The van der Waals surface area contributed by atoms with Gasteiger partial charge in [-0.05, 0) is 0 Å². The van der Waals surface area contributed by atoms with Crippen LogP contribution in [0.4, 0.5) is 0 Å². The van der Waals surface area contributed by atoms with Crippen LogP contribution >= 0.6 is 0 Å². The van der Waals surface area contributed by atoms with E-state index in [1.807, 2.05) is 0 Å². The molecule has 2 saturated heterocycles. The van der Waals surface area contributed by atoms with Crippen LogP contribution in [0.1, 0.15) is 6.92 Å². The predicted octanol–water partition coefficient (Wildman–Crippen LogP) is -0.478. The van der Waals surface area contributed by atoms with Gasteiger partial charge in [0.15, 0.2) is 12.2 Å². The zero-order chi connectivity index (χ0) is 7.24. The summed E-state index contributed by atoms with van der Waals surface area (Å²) >= 11 is 0. The number of hydrogen-bond acceptors (Lipinski definition) is 2. The molecule has 0 aromatic heterocycles. The topological polar surface area (TPSA) is 35.2 Å². The number of nitrogens with zero attached hydrogens (tertiary/aromatic N) is 1. The van der Waals surface area contributed by atoms with Gasteiger partial charge in [0.1, 0.15) is 13.1 Å². The average molecular weight is 143 g/mol. The summed E-state index contributed by atoms with van der Waals surface area (Å²) in [6.07, 6.45) is 0. The summed E-state index contributed by atoms with van der Waals surface area (Å²) in [6, 6.07) is 0. The zero-order valence-electron chi connectivity index (χ0n) is 6.47. The number of morpholine rings is 1. The van der Waals surface area contributed by atoms with Gasteiger partial charge in [0, 0.05) is 6.92 Å². The first-order valence-electron chi connectivity index (χ1n) is 3.89. The van der Waals surface area contributed by atoms with Gasteiger partial charge in [-0.15, -0.1) is 0 Å². The summed E-state index contributed by atoms with van der Waals surface area (Å²) in [5, 5.41) is 0. The van der Waals surface area contributed by atoms with Crippen molar-refractivity contribution in [3.63, 3.8) is 0 Å². The molecule has 10 heavy (non-hydrogen) atoms. The van der Waals surface area contributed by atoms with Crippen LogP contribution in [0.3, 0.4) is 0 Å². The van der Waals surface area contributed by atoms with E-state index in [1.54, 1.807) is 0 Å². The standard InChI is InChI=1S/C7H15N2O/c1-7(8)6-9(7)2-4-10-5-3-9/h2-6,8H2,1H3/q+1. The second-order valence-electron chi connectivity index (χ2n) is 3.72. The SMILES string of the molecule is CC1(N)C[N+]12CCOCC2. The second kappa shape index (κ2) is 1.72. The van der Waals surface area contributed by atoms with Crippen LogP contribution in [0.5, 0.6) is 0 Å². The number of rotatable bonds is 0. The van der Waals surface area contributed by atoms with Crippen LogP contribution in [-0.4, -0.2) is 43.0 Å². The fraction of sp³-hybridized carbons (Fsp3) is 1.00. The molecule has 3 heteroatoms. The van der Waals surface area contributed by atoms with Crippen molar-refractivity contribution in [1.29, 1.82) is 0 Å². The predicted molar refractivity (Wildman–Crippen MR) is 38.3 cm³/mol. The third-order valence-corrected chi connectivity index (χ3v) is 2.93. The first kappa shape index (κ1) is 6.58. The van der Waals surface area contributed by atoms with Gasteiger partial charge in [-0.1, -0.05) is 0 Å². The van der Waals surface area contributed by atoms with Crippen molar-refractivity contribution in [2.24, 2.45) is 5.73 Å². The van der Waals surface area contributed by atoms with Crippen molar-refractivity contribution in [3.05, 3.63) is 0 Å². The molecular formula is C7H15N2O+. The molecule has 0 amide bonds. The molecule has 2 fully saturated rings. The van der Waals surface area contributed by atoms with E-state index in [9.17, 15) is 0 Å². The Balaban J connectivity index is 2.05. The van der Waals surface area contributed by atoms with Crippen LogP contribution in [0.25, 0.3) is 0 Å². The lowest BCUT2D eigenvalue weighted by atomic mass is 10.3. The van der Waals surface area contributed by atoms with E-state index < -0.39 is 0 Å². The summed E-state index contributed by atoms with van der Waals surface area (Å²) in [5.74, 6) is 0. The average Bonchev–Trinajstić information content (AvgIpc) is 2.36. The lowest BCUT2D eigenvalue weighted by Gasteiger charge is -2.26. The van der Waals surface area contributed by atoms with Crippen molar-refractivity contribution in [1.82, 2.24) is 0 Å². The highest BCUT2D eigenvalue weighted by atomic mass is 16.5. The number of hydrogen-bond donors (Lipinski definition) is 1. The van der Waals surface area contributed by atoms with Gasteiger partial charge < -0.3 is 4.74 Å². The first-order valence-corrected chi connectivity index (χ1v) is 3.89. The Kier molecular flexibility index (Phi) is 1.14. The zero-order valence-corrected chi connectivity index (χ0v) is 6.47. The molecule has 1 spiro atoms. The molecule has 0 aliphatic carbocycles. The highest BCUT2D eigenvalue weighted by Gasteiger charge is 2.63. The minimum atomic E-state index is 0.0732. The molecular weight excluding hydrogens is 128 g/mol. The van der Waals surface area contributed by atoms with E-state index in [2.05, 4.69) is 6.92 Å². The molecule has 1 unspecified atom stereocenters. The maximum Gasteiger partial charge on any atom is 0.198 e. The van der Waals surface area contributed by atoms with Gasteiger partial charge in [-0.3, -0.25) is 10.2 Å². The molecule has 0 saturated carbocycles. The summed E-state index contributed by atoms with van der Waals surface area (Å²) in [5.41, 5.74) is 6.06. The quantitative estimate of drug-likeness (QED) is 0.367. The molecule has 1 atom stereocenters. The Morgan fingerprint density at radius 2 is 1.90 bits per heavy atom. The third kappa shape index (κ3) is 0.713. The van der Waals surface area contributed by atoms with Crippen LogP contribution in [0.15, 0.2) is 0 Å². The normalized spacial score (nSPS) is 43.8. The smallest absolute Gasteiger partial charge is 0.198 e. The molecule has 2 heterocycles. The van der Waals surface area contributed by atoms with Crippen molar-refractivity contribution in [3.8, 4) is 0 Å².